The van der Waals surface area contributed by atoms with E-state index in [-0.39, 0.29) is 18.3 Å². The number of carbonyl (C=O) groups is 1. The second-order valence-corrected chi connectivity index (χ2v) is 3.70. The van der Waals surface area contributed by atoms with Crippen LogP contribution in [0.15, 0.2) is 0 Å². The Bertz CT molecular complexity index is 311. The number of amides is 1. The summed E-state index contributed by atoms with van der Waals surface area (Å²) >= 11 is 1.23. The summed E-state index contributed by atoms with van der Waals surface area (Å²) in [6.07, 6.45) is 0. The third-order valence-electron chi connectivity index (χ3n) is 1.41. The molecule has 2 N–H and O–H groups in total. The second kappa shape index (κ2) is 4.43. The second-order valence-electron chi connectivity index (χ2n) is 2.67. The topological polar surface area (TPSA) is 59.2 Å². The Balaban J connectivity index is 0.00000144. The molecule has 0 bridgehead atoms. The Hall–Kier alpha value is -0.810. The number of hydrogen-bond donors (Lipinski definition) is 1. The molecule has 0 aliphatic carbocycles. The van der Waals surface area contributed by atoms with E-state index in [0.29, 0.717) is 15.7 Å². The average molecular weight is 222 g/mol. The maximum absolute atomic E-state index is 11.4. The van der Waals surface area contributed by atoms with Crippen LogP contribution >= 0.6 is 23.7 Å². The highest BCUT2D eigenvalue weighted by Crippen LogP contribution is 2.20. The van der Waals surface area contributed by atoms with Crippen LogP contribution in [0.2, 0.25) is 0 Å². The van der Waals surface area contributed by atoms with E-state index in [9.17, 15) is 4.79 Å². The first kappa shape index (κ1) is 12.2. The van der Waals surface area contributed by atoms with Crippen LogP contribution in [0.3, 0.4) is 0 Å². The highest BCUT2D eigenvalue weighted by atomic mass is 35.5. The number of nitrogens with zero attached hydrogens (tertiary/aromatic N) is 2. The summed E-state index contributed by atoms with van der Waals surface area (Å²) in [4.78, 5) is 17.5. The molecule has 1 aromatic rings. The monoisotopic (exact) mass is 221 g/mol. The Morgan fingerprint density at radius 1 is 1.54 bits per heavy atom. The van der Waals surface area contributed by atoms with Crippen molar-refractivity contribution in [2.24, 2.45) is 0 Å². The van der Waals surface area contributed by atoms with Gasteiger partial charge in [0.15, 0.2) is 5.13 Å². The molecule has 0 saturated carbocycles. The van der Waals surface area contributed by atoms with Gasteiger partial charge in [0.25, 0.3) is 5.91 Å². The Morgan fingerprint density at radius 3 is 2.38 bits per heavy atom. The minimum atomic E-state index is -0.0401. The molecule has 6 heteroatoms. The first-order valence-corrected chi connectivity index (χ1v) is 4.28. The third-order valence-corrected chi connectivity index (χ3v) is 2.39. The number of halogens is 1. The summed E-state index contributed by atoms with van der Waals surface area (Å²) in [5, 5.41) is 0.442. The Morgan fingerprint density at radius 2 is 2.08 bits per heavy atom. The lowest BCUT2D eigenvalue weighted by Gasteiger charge is -2.07. The SMILES string of the molecule is Cc1nc(N)sc1C(=O)N(C)C.Cl. The first-order valence-electron chi connectivity index (χ1n) is 3.47. The predicted octanol–water partition coefficient (Wildman–Crippen LogP) is 1.16. The van der Waals surface area contributed by atoms with Gasteiger partial charge in [0.1, 0.15) is 4.88 Å². The fourth-order valence-corrected chi connectivity index (χ4v) is 1.67. The lowest BCUT2D eigenvalue weighted by molar-refractivity contribution is 0.0831. The molecule has 1 amide bonds. The molecule has 0 fully saturated rings. The molecule has 1 heterocycles. The van der Waals surface area contributed by atoms with Gasteiger partial charge in [-0.3, -0.25) is 4.79 Å². The van der Waals surface area contributed by atoms with Crippen LogP contribution in [0.5, 0.6) is 0 Å². The molecule has 0 aromatic carbocycles. The van der Waals surface area contributed by atoms with E-state index in [1.54, 1.807) is 21.0 Å². The number of thiazole rings is 1. The average Bonchev–Trinajstić information content (AvgIpc) is 2.28. The summed E-state index contributed by atoms with van der Waals surface area (Å²) in [7, 11) is 3.41. The van der Waals surface area contributed by atoms with Crippen LogP contribution < -0.4 is 5.73 Å². The molecular weight excluding hydrogens is 210 g/mol. The van der Waals surface area contributed by atoms with Crippen molar-refractivity contribution in [3.05, 3.63) is 10.6 Å². The van der Waals surface area contributed by atoms with Crippen molar-refractivity contribution in [3.63, 3.8) is 0 Å². The van der Waals surface area contributed by atoms with Crippen LogP contribution in [-0.4, -0.2) is 29.9 Å². The normalized spacial score (nSPS) is 9.15. The number of anilines is 1. The van der Waals surface area contributed by atoms with Crippen molar-refractivity contribution in [2.45, 2.75) is 6.92 Å². The van der Waals surface area contributed by atoms with Gasteiger partial charge in [-0.05, 0) is 6.92 Å². The van der Waals surface area contributed by atoms with Gasteiger partial charge < -0.3 is 10.6 Å². The molecule has 0 saturated heterocycles. The molecule has 0 spiro atoms. The molecule has 74 valence electrons. The fraction of sp³-hybridized carbons (Fsp3) is 0.429. The van der Waals surface area contributed by atoms with Crippen molar-refractivity contribution >= 4 is 34.8 Å². The number of rotatable bonds is 1. The highest BCUT2D eigenvalue weighted by molar-refractivity contribution is 7.17. The molecule has 4 nitrogen and oxygen atoms in total. The van der Waals surface area contributed by atoms with Gasteiger partial charge in [-0.2, -0.15) is 0 Å². The lowest BCUT2D eigenvalue weighted by Crippen LogP contribution is -2.21. The van der Waals surface area contributed by atoms with Crippen molar-refractivity contribution in [1.29, 1.82) is 0 Å². The van der Waals surface area contributed by atoms with Gasteiger partial charge in [-0.1, -0.05) is 11.3 Å². The number of carbonyl (C=O) groups excluding carboxylic acids is 1. The molecule has 13 heavy (non-hydrogen) atoms. The van der Waals surface area contributed by atoms with Gasteiger partial charge in [-0.15, -0.1) is 12.4 Å². The minimum Gasteiger partial charge on any atom is -0.375 e. The van der Waals surface area contributed by atoms with Crippen molar-refractivity contribution in [3.8, 4) is 0 Å². The van der Waals surface area contributed by atoms with Crippen molar-refractivity contribution in [2.75, 3.05) is 19.8 Å². The summed E-state index contributed by atoms with van der Waals surface area (Å²) in [6, 6.07) is 0. The molecular formula is C7H12ClN3OS. The zero-order valence-corrected chi connectivity index (χ0v) is 9.33. The first-order chi connectivity index (χ1) is 5.52. The zero-order valence-electron chi connectivity index (χ0n) is 7.70. The van der Waals surface area contributed by atoms with E-state index in [0.717, 1.165) is 0 Å². The number of hydrogen-bond acceptors (Lipinski definition) is 4. The van der Waals surface area contributed by atoms with Gasteiger partial charge in [-0.25, -0.2) is 4.98 Å². The molecule has 0 unspecified atom stereocenters. The molecule has 0 radical (unpaired) electrons. The minimum absolute atomic E-state index is 0. The highest BCUT2D eigenvalue weighted by Gasteiger charge is 2.15. The Labute approximate surface area is 87.2 Å². The third kappa shape index (κ3) is 2.57. The largest absolute Gasteiger partial charge is 0.375 e. The fourth-order valence-electron chi connectivity index (χ4n) is 0.819. The van der Waals surface area contributed by atoms with Crippen LogP contribution in [0.4, 0.5) is 5.13 Å². The Kier molecular flexibility index (Phi) is 4.16. The molecule has 1 aromatic heterocycles. The summed E-state index contributed by atoms with van der Waals surface area (Å²) in [5.41, 5.74) is 6.16. The van der Waals surface area contributed by atoms with E-state index in [4.69, 9.17) is 5.73 Å². The van der Waals surface area contributed by atoms with Crippen LogP contribution in [-0.2, 0) is 0 Å². The van der Waals surface area contributed by atoms with Crippen molar-refractivity contribution in [1.82, 2.24) is 9.88 Å². The standard InChI is InChI=1S/C7H11N3OS.ClH/c1-4-5(6(11)10(2)3)12-7(8)9-4;/h1-3H3,(H2,8,9);1H. The number of nitrogen functional groups attached to an aromatic ring is 1. The number of nitrogens with two attached hydrogens (primary N) is 1. The maximum atomic E-state index is 11.4. The summed E-state index contributed by atoms with van der Waals surface area (Å²) in [6.45, 7) is 1.78. The smallest absolute Gasteiger partial charge is 0.265 e. The molecule has 1 rings (SSSR count). The molecule has 0 atom stereocenters. The zero-order chi connectivity index (χ0) is 9.30. The lowest BCUT2D eigenvalue weighted by atomic mass is 10.3. The summed E-state index contributed by atoms with van der Waals surface area (Å²) < 4.78 is 0. The van der Waals surface area contributed by atoms with Gasteiger partial charge >= 0.3 is 0 Å². The van der Waals surface area contributed by atoms with Crippen LogP contribution in [0.1, 0.15) is 15.4 Å². The van der Waals surface area contributed by atoms with E-state index < -0.39 is 0 Å². The molecule has 0 aliphatic rings. The summed E-state index contributed by atoms with van der Waals surface area (Å²) in [5.74, 6) is -0.0401. The van der Waals surface area contributed by atoms with Crippen LogP contribution in [0.25, 0.3) is 0 Å². The van der Waals surface area contributed by atoms with E-state index in [2.05, 4.69) is 4.98 Å². The maximum Gasteiger partial charge on any atom is 0.265 e. The predicted molar refractivity (Wildman–Crippen MR) is 56.5 cm³/mol. The van der Waals surface area contributed by atoms with Crippen LogP contribution in [0, 0.1) is 6.92 Å². The number of aromatic nitrogens is 1. The van der Waals surface area contributed by atoms with Crippen molar-refractivity contribution < 1.29 is 4.79 Å². The number of aryl methyl sites for hydroxylation is 1. The molecule has 0 aliphatic heterocycles. The van der Waals surface area contributed by atoms with Gasteiger partial charge in [0, 0.05) is 14.1 Å². The van der Waals surface area contributed by atoms with Gasteiger partial charge in [0.2, 0.25) is 0 Å². The van der Waals surface area contributed by atoms with Gasteiger partial charge in [0.05, 0.1) is 5.69 Å². The quantitative estimate of drug-likeness (QED) is 0.774. The van der Waals surface area contributed by atoms with E-state index >= 15 is 0 Å². The van der Waals surface area contributed by atoms with E-state index in [1.165, 1.54) is 16.2 Å². The van der Waals surface area contributed by atoms with E-state index in [1.807, 2.05) is 0 Å².